The van der Waals surface area contributed by atoms with Gasteiger partial charge in [0, 0.05) is 42.7 Å². The van der Waals surface area contributed by atoms with Crippen LogP contribution in [0.4, 0.5) is 4.79 Å². The Morgan fingerprint density at radius 2 is 1.27 bits per heavy atom. The van der Waals surface area contributed by atoms with Crippen molar-refractivity contribution in [1.29, 1.82) is 0 Å². The van der Waals surface area contributed by atoms with E-state index in [1.165, 1.54) is 7.11 Å². The van der Waals surface area contributed by atoms with E-state index >= 15 is 0 Å². The first kappa shape index (κ1) is 41.1. The van der Waals surface area contributed by atoms with Gasteiger partial charge in [-0.2, -0.15) is 0 Å². The second kappa shape index (κ2) is 17.6. The maximum absolute atomic E-state index is 14.4. The number of likely N-dealkylation sites (N-methyl/N-ethyl adjacent to an activating group) is 1. The fraction of sp³-hybridized carbons (Fsp3) is 0.380. The highest BCUT2D eigenvalue weighted by atomic mass is 16.5. The molecule has 0 radical (unpaired) electrons. The van der Waals surface area contributed by atoms with Gasteiger partial charge in [-0.05, 0) is 90.6 Å². The lowest BCUT2D eigenvalue weighted by atomic mass is 9.98. The molecule has 62 heavy (non-hydrogen) atoms. The predicted octanol–water partition coefficient (Wildman–Crippen LogP) is 9.22. The van der Waals surface area contributed by atoms with Crippen molar-refractivity contribution in [3.63, 3.8) is 0 Å². The fourth-order valence-corrected chi connectivity index (χ4v) is 9.56. The molecule has 2 saturated heterocycles. The number of carbonyl (C=O) groups excluding carboxylic acids is 3. The summed E-state index contributed by atoms with van der Waals surface area (Å²) in [7, 11) is 1.30. The summed E-state index contributed by atoms with van der Waals surface area (Å²) < 4.78 is 4.78. The zero-order chi connectivity index (χ0) is 42.9. The molecule has 320 valence electrons. The van der Waals surface area contributed by atoms with Crippen LogP contribution in [0.2, 0.25) is 0 Å². The topological polar surface area (TPSA) is 140 Å². The molecule has 3 aliphatic rings. The zero-order valence-corrected chi connectivity index (χ0v) is 36.0. The van der Waals surface area contributed by atoms with Gasteiger partial charge in [0.05, 0.1) is 30.6 Å². The van der Waals surface area contributed by atoms with Crippen LogP contribution in [-0.2, 0) is 14.3 Å². The van der Waals surface area contributed by atoms with Gasteiger partial charge in [-0.25, -0.2) is 14.8 Å². The molecule has 3 amide bonds. The normalized spacial score (nSPS) is 18.7. The minimum absolute atomic E-state index is 0.0815. The van der Waals surface area contributed by atoms with Gasteiger partial charge >= 0.3 is 6.09 Å². The van der Waals surface area contributed by atoms with Gasteiger partial charge < -0.3 is 29.8 Å². The number of rotatable bonds is 13. The number of carbonyl (C=O) groups is 3. The molecule has 2 aliphatic heterocycles. The van der Waals surface area contributed by atoms with Gasteiger partial charge in [0.1, 0.15) is 23.7 Å². The molecule has 6 aromatic rings. The SMILES string of the molecule is CCN(C1CC1)[C@@H](C(=O)N1CCC[C@H]1c1nc(-c2ccc(-c3ccc4cc(-c5c[nH]c([C@@H]6CCCN6C(=O)C(NC(=O)OC)C(C)C)n5)ccc4c3)cc2)c[nH]1)c1ccccc1. The molecule has 3 fully saturated rings. The third-order valence-corrected chi connectivity index (χ3v) is 13.0. The van der Waals surface area contributed by atoms with E-state index in [1.54, 1.807) is 0 Å². The summed E-state index contributed by atoms with van der Waals surface area (Å²) in [6.45, 7) is 8.17. The summed E-state index contributed by atoms with van der Waals surface area (Å²) >= 11 is 0. The van der Waals surface area contributed by atoms with Crippen LogP contribution < -0.4 is 5.32 Å². The third-order valence-electron chi connectivity index (χ3n) is 13.0. The monoisotopic (exact) mass is 832 g/mol. The van der Waals surface area contributed by atoms with Crippen molar-refractivity contribution in [2.45, 2.75) is 89.5 Å². The largest absolute Gasteiger partial charge is 0.453 e. The maximum atomic E-state index is 14.4. The molecule has 0 bridgehead atoms. The van der Waals surface area contributed by atoms with Crippen molar-refractivity contribution in [2.24, 2.45) is 5.92 Å². The van der Waals surface area contributed by atoms with Crippen molar-refractivity contribution in [1.82, 2.24) is 40.0 Å². The summed E-state index contributed by atoms with van der Waals surface area (Å²) in [5, 5.41) is 4.94. The predicted molar refractivity (Wildman–Crippen MR) is 241 cm³/mol. The van der Waals surface area contributed by atoms with Crippen LogP contribution in [0.15, 0.2) is 103 Å². The number of H-pyrrole nitrogens is 2. The van der Waals surface area contributed by atoms with E-state index in [0.29, 0.717) is 12.6 Å². The first-order chi connectivity index (χ1) is 30.2. The number of imidazole rings is 2. The van der Waals surface area contributed by atoms with Crippen LogP contribution in [0.25, 0.3) is 44.4 Å². The number of aromatic nitrogens is 4. The van der Waals surface area contributed by atoms with Gasteiger partial charge in [-0.1, -0.05) is 99.6 Å². The minimum Gasteiger partial charge on any atom is -0.453 e. The van der Waals surface area contributed by atoms with E-state index in [9.17, 15) is 14.4 Å². The number of hydrogen-bond acceptors (Lipinski definition) is 7. The van der Waals surface area contributed by atoms with E-state index in [1.807, 2.05) is 49.3 Å². The Morgan fingerprint density at radius 3 is 1.85 bits per heavy atom. The van der Waals surface area contributed by atoms with Crippen LogP contribution in [0.1, 0.15) is 94.6 Å². The number of methoxy groups -OCH3 is 1. The highest BCUT2D eigenvalue weighted by Gasteiger charge is 2.42. The average Bonchev–Trinajstić information content (AvgIpc) is 3.77. The van der Waals surface area contributed by atoms with Crippen molar-refractivity contribution >= 4 is 28.7 Å². The molecule has 1 aliphatic carbocycles. The van der Waals surface area contributed by atoms with Crippen LogP contribution in [-0.4, -0.2) is 91.4 Å². The van der Waals surface area contributed by atoms with Crippen molar-refractivity contribution in [3.8, 4) is 33.6 Å². The molecular weight excluding hydrogens is 777 g/mol. The lowest BCUT2D eigenvalue weighted by Crippen LogP contribution is -2.51. The van der Waals surface area contributed by atoms with Crippen LogP contribution in [0.5, 0.6) is 0 Å². The Bertz CT molecular complexity index is 2540. The summed E-state index contributed by atoms with van der Waals surface area (Å²) in [6, 6.07) is 30.9. The van der Waals surface area contributed by atoms with Gasteiger partial charge in [0.2, 0.25) is 11.8 Å². The number of nitrogens with zero attached hydrogens (tertiary/aromatic N) is 5. The summed E-state index contributed by atoms with van der Waals surface area (Å²) in [5.74, 6) is 1.53. The number of ether oxygens (including phenoxy) is 1. The molecule has 1 saturated carbocycles. The Balaban J connectivity index is 0.875. The van der Waals surface area contributed by atoms with Gasteiger partial charge in [-0.3, -0.25) is 14.5 Å². The van der Waals surface area contributed by atoms with Crippen LogP contribution in [0.3, 0.4) is 0 Å². The van der Waals surface area contributed by atoms with Gasteiger partial charge in [0.25, 0.3) is 0 Å². The molecule has 12 heteroatoms. The summed E-state index contributed by atoms with van der Waals surface area (Å²) in [6.07, 6.45) is 9.06. The number of aromatic amines is 2. The molecule has 9 rings (SSSR count). The molecule has 4 atom stereocenters. The lowest BCUT2D eigenvalue weighted by molar-refractivity contribution is -0.139. The highest BCUT2D eigenvalue weighted by molar-refractivity contribution is 5.91. The number of fused-ring (bicyclic) bond motifs is 1. The molecule has 0 spiro atoms. The number of likely N-dealkylation sites (tertiary alicyclic amines) is 2. The third kappa shape index (κ3) is 8.23. The number of hydrogen-bond donors (Lipinski definition) is 3. The average molecular weight is 833 g/mol. The maximum Gasteiger partial charge on any atom is 0.407 e. The van der Waals surface area contributed by atoms with E-state index in [4.69, 9.17) is 14.7 Å². The second-order valence-corrected chi connectivity index (χ2v) is 17.3. The van der Waals surface area contributed by atoms with E-state index in [-0.39, 0.29) is 35.9 Å². The first-order valence-electron chi connectivity index (χ1n) is 22.2. The van der Waals surface area contributed by atoms with Gasteiger partial charge in [-0.15, -0.1) is 0 Å². The molecule has 2 aromatic heterocycles. The smallest absolute Gasteiger partial charge is 0.407 e. The molecule has 4 aromatic carbocycles. The molecule has 3 N–H and O–H groups in total. The van der Waals surface area contributed by atoms with E-state index < -0.39 is 12.1 Å². The molecule has 12 nitrogen and oxygen atoms in total. The van der Waals surface area contributed by atoms with Crippen LogP contribution in [0, 0.1) is 5.92 Å². The molecule has 4 heterocycles. The quantitative estimate of drug-likeness (QED) is 0.105. The second-order valence-electron chi connectivity index (χ2n) is 17.3. The minimum atomic E-state index is -0.680. The summed E-state index contributed by atoms with van der Waals surface area (Å²) in [5.41, 5.74) is 6.99. The number of nitrogens with one attached hydrogen (secondary N) is 3. The number of amides is 3. The summed E-state index contributed by atoms with van der Waals surface area (Å²) in [4.78, 5) is 63.2. The van der Waals surface area contributed by atoms with Crippen molar-refractivity contribution < 1.29 is 19.1 Å². The van der Waals surface area contributed by atoms with Crippen LogP contribution >= 0.6 is 0 Å². The van der Waals surface area contributed by atoms with Gasteiger partial charge in [0.15, 0.2) is 0 Å². The number of alkyl carbamates (subject to hydrolysis) is 1. The molecule has 1 unspecified atom stereocenters. The van der Waals surface area contributed by atoms with E-state index in [2.05, 4.69) is 105 Å². The molecular formula is C50H56N8O4. The van der Waals surface area contributed by atoms with Crippen molar-refractivity contribution in [2.75, 3.05) is 26.7 Å². The lowest BCUT2D eigenvalue weighted by Gasteiger charge is -2.35. The zero-order valence-electron chi connectivity index (χ0n) is 36.0. The Kier molecular flexibility index (Phi) is 11.7. The number of benzene rings is 4. The highest BCUT2D eigenvalue weighted by Crippen LogP contribution is 2.40. The Morgan fingerprint density at radius 1 is 0.726 bits per heavy atom. The Hall–Kier alpha value is -6.27. The standard InChI is InChI=1S/C50H56N8O4/c1-5-56(39-23-24-39)45(34-11-7-6-8-12-34)49(60)58-26-10-14-43(58)47-51-29-40(53-47)33-17-15-32(16-18-33)35-19-20-37-28-38(22-21-36(37)27-35)41-30-52-46(54-41)42-13-9-25-57(42)48(59)44(31(2)3)55-50(61)62-4/h6-8,11-12,15-22,27-31,39,42-45H,5,9-10,13-14,23-26H2,1-4H3,(H,51,53)(H,52,54)(H,55,61)/t42-,43-,44?,45+/m0/s1. The van der Waals surface area contributed by atoms with E-state index in [0.717, 1.165) is 113 Å². The first-order valence-corrected chi connectivity index (χ1v) is 22.2. The fourth-order valence-electron chi connectivity index (χ4n) is 9.56. The van der Waals surface area contributed by atoms with Crippen molar-refractivity contribution in [3.05, 3.63) is 121 Å². The Labute approximate surface area is 363 Å².